The van der Waals surface area contributed by atoms with Gasteiger partial charge in [-0.3, -0.25) is 9.59 Å². The summed E-state index contributed by atoms with van der Waals surface area (Å²) in [5, 5.41) is 0. The molecule has 0 atom stereocenters. The molecule has 0 spiro atoms. The summed E-state index contributed by atoms with van der Waals surface area (Å²) in [6, 6.07) is 7.32. The van der Waals surface area contributed by atoms with Crippen molar-refractivity contribution >= 4 is 11.9 Å². The third-order valence-corrected chi connectivity index (χ3v) is 3.08. The van der Waals surface area contributed by atoms with Gasteiger partial charge in [-0.05, 0) is 30.5 Å². The molecule has 0 aliphatic rings. The highest BCUT2D eigenvalue weighted by atomic mass is 16.5. The molecule has 0 aromatic heterocycles. The lowest BCUT2D eigenvalue weighted by Crippen LogP contribution is -2.08. The predicted molar refractivity (Wildman–Crippen MR) is 82.5 cm³/mol. The molecule has 0 aliphatic heterocycles. The molecule has 0 aliphatic carbocycles. The largest absolute Gasteiger partial charge is 0.497 e. The van der Waals surface area contributed by atoms with Gasteiger partial charge in [0.05, 0.1) is 13.7 Å². The summed E-state index contributed by atoms with van der Waals surface area (Å²) in [5.41, 5.74) is 0.896. The van der Waals surface area contributed by atoms with Crippen molar-refractivity contribution < 1.29 is 23.8 Å². The third-order valence-electron chi connectivity index (χ3n) is 3.08. The van der Waals surface area contributed by atoms with Crippen LogP contribution in [0.5, 0.6) is 5.75 Å². The molecule has 0 N–H and O–H groups in total. The zero-order valence-electron chi connectivity index (χ0n) is 13.3. The van der Waals surface area contributed by atoms with Crippen LogP contribution in [0.25, 0.3) is 0 Å². The Balaban J connectivity index is 2.13. The van der Waals surface area contributed by atoms with Crippen molar-refractivity contribution in [2.45, 2.75) is 45.6 Å². The minimum Gasteiger partial charge on any atom is -0.497 e. The Hall–Kier alpha value is -2.04. The fraction of sp³-hybridized carbons (Fsp3) is 0.529. The van der Waals surface area contributed by atoms with E-state index in [0.29, 0.717) is 13.0 Å². The first kappa shape index (κ1) is 18.0. The second kappa shape index (κ2) is 10.7. The minimum atomic E-state index is -0.308. The smallest absolute Gasteiger partial charge is 0.306 e. The highest BCUT2D eigenvalue weighted by Crippen LogP contribution is 2.12. The molecule has 0 amide bonds. The number of rotatable bonds is 10. The van der Waals surface area contributed by atoms with E-state index in [4.69, 9.17) is 14.2 Å². The molecule has 5 heteroatoms. The summed E-state index contributed by atoms with van der Waals surface area (Å²) in [6.07, 6.45) is 2.79. The van der Waals surface area contributed by atoms with Crippen LogP contribution in [0.1, 0.15) is 44.6 Å². The number of esters is 2. The summed E-state index contributed by atoms with van der Waals surface area (Å²) in [6.45, 7) is 2.72. The maximum Gasteiger partial charge on any atom is 0.306 e. The van der Waals surface area contributed by atoms with Crippen molar-refractivity contribution in [1.29, 1.82) is 0 Å². The number of benzene rings is 1. The SMILES string of the molecule is CCCCOC(=O)CCCC(=O)OCc1ccc(OC)cc1. The molecular weight excluding hydrogens is 284 g/mol. The zero-order chi connectivity index (χ0) is 16.2. The van der Waals surface area contributed by atoms with E-state index < -0.39 is 0 Å². The second-order valence-electron chi connectivity index (χ2n) is 4.94. The van der Waals surface area contributed by atoms with Gasteiger partial charge in [-0.1, -0.05) is 25.5 Å². The van der Waals surface area contributed by atoms with Crippen LogP contribution in [-0.4, -0.2) is 25.7 Å². The van der Waals surface area contributed by atoms with Gasteiger partial charge in [-0.2, -0.15) is 0 Å². The van der Waals surface area contributed by atoms with Gasteiger partial charge >= 0.3 is 11.9 Å². The van der Waals surface area contributed by atoms with E-state index in [1.54, 1.807) is 7.11 Å². The molecular formula is C17H24O5. The standard InChI is InChI=1S/C17H24O5/c1-3-4-12-21-16(18)6-5-7-17(19)22-13-14-8-10-15(20-2)11-9-14/h8-11H,3-7,12-13H2,1-2H3. The molecule has 0 bridgehead atoms. The van der Waals surface area contributed by atoms with E-state index in [1.165, 1.54) is 0 Å². The third kappa shape index (κ3) is 7.67. The Morgan fingerprint density at radius 2 is 1.59 bits per heavy atom. The van der Waals surface area contributed by atoms with Crippen LogP contribution in [0.3, 0.4) is 0 Å². The minimum absolute atomic E-state index is 0.221. The average Bonchev–Trinajstić information content (AvgIpc) is 2.53. The Morgan fingerprint density at radius 3 is 2.18 bits per heavy atom. The fourth-order valence-corrected chi connectivity index (χ4v) is 1.74. The Bertz CT molecular complexity index is 453. The molecule has 5 nitrogen and oxygen atoms in total. The van der Waals surface area contributed by atoms with Gasteiger partial charge in [0.2, 0.25) is 0 Å². The lowest BCUT2D eigenvalue weighted by molar-refractivity contribution is -0.146. The van der Waals surface area contributed by atoms with Crippen molar-refractivity contribution in [2.75, 3.05) is 13.7 Å². The van der Waals surface area contributed by atoms with E-state index in [2.05, 4.69) is 0 Å². The molecule has 1 rings (SSSR count). The van der Waals surface area contributed by atoms with Crippen LogP contribution >= 0.6 is 0 Å². The number of carbonyl (C=O) groups excluding carboxylic acids is 2. The maximum absolute atomic E-state index is 11.6. The molecule has 122 valence electrons. The number of hydrogen-bond acceptors (Lipinski definition) is 5. The van der Waals surface area contributed by atoms with Gasteiger partial charge in [0.15, 0.2) is 0 Å². The normalized spacial score (nSPS) is 10.1. The number of methoxy groups -OCH3 is 1. The number of carbonyl (C=O) groups is 2. The van der Waals surface area contributed by atoms with E-state index in [0.717, 1.165) is 24.2 Å². The van der Waals surface area contributed by atoms with Crippen molar-refractivity contribution in [3.8, 4) is 5.75 Å². The molecule has 0 saturated carbocycles. The van der Waals surface area contributed by atoms with Gasteiger partial charge in [0.25, 0.3) is 0 Å². The summed E-state index contributed by atoms with van der Waals surface area (Å²) in [4.78, 5) is 22.9. The van der Waals surface area contributed by atoms with Gasteiger partial charge in [-0.15, -0.1) is 0 Å². The number of unbranched alkanes of at least 4 members (excludes halogenated alkanes) is 1. The van der Waals surface area contributed by atoms with Crippen LogP contribution < -0.4 is 4.74 Å². The van der Waals surface area contributed by atoms with E-state index in [1.807, 2.05) is 31.2 Å². The van der Waals surface area contributed by atoms with Gasteiger partial charge in [0.1, 0.15) is 12.4 Å². The lowest BCUT2D eigenvalue weighted by atomic mass is 10.2. The molecule has 0 fully saturated rings. The molecule has 1 aromatic carbocycles. The first-order chi connectivity index (χ1) is 10.7. The second-order valence-corrected chi connectivity index (χ2v) is 4.94. The molecule has 0 saturated heterocycles. The summed E-state index contributed by atoms with van der Waals surface area (Å²) in [7, 11) is 1.60. The van der Waals surface area contributed by atoms with Crippen LogP contribution in [0, 0.1) is 0 Å². The molecule has 1 aromatic rings. The summed E-state index contributed by atoms with van der Waals surface area (Å²) < 4.78 is 15.2. The lowest BCUT2D eigenvalue weighted by Gasteiger charge is -2.06. The quantitative estimate of drug-likeness (QED) is 0.490. The Labute approximate surface area is 131 Å². The van der Waals surface area contributed by atoms with E-state index in [-0.39, 0.29) is 31.4 Å². The molecule has 0 unspecified atom stereocenters. The van der Waals surface area contributed by atoms with Crippen LogP contribution in [0.2, 0.25) is 0 Å². The van der Waals surface area contributed by atoms with Crippen LogP contribution in [0.15, 0.2) is 24.3 Å². The van der Waals surface area contributed by atoms with Crippen molar-refractivity contribution in [3.05, 3.63) is 29.8 Å². The number of ether oxygens (including phenoxy) is 3. The van der Waals surface area contributed by atoms with Crippen molar-refractivity contribution in [1.82, 2.24) is 0 Å². The Morgan fingerprint density at radius 1 is 0.955 bits per heavy atom. The first-order valence-corrected chi connectivity index (χ1v) is 7.60. The van der Waals surface area contributed by atoms with E-state index in [9.17, 15) is 9.59 Å². The highest BCUT2D eigenvalue weighted by molar-refractivity contribution is 5.72. The topological polar surface area (TPSA) is 61.8 Å². The van der Waals surface area contributed by atoms with Gasteiger partial charge in [0, 0.05) is 12.8 Å². The zero-order valence-corrected chi connectivity index (χ0v) is 13.3. The first-order valence-electron chi connectivity index (χ1n) is 7.60. The van der Waals surface area contributed by atoms with Crippen molar-refractivity contribution in [3.63, 3.8) is 0 Å². The van der Waals surface area contributed by atoms with Gasteiger partial charge in [-0.25, -0.2) is 0 Å². The number of hydrogen-bond donors (Lipinski definition) is 0. The average molecular weight is 308 g/mol. The monoisotopic (exact) mass is 308 g/mol. The molecule has 0 radical (unpaired) electrons. The summed E-state index contributed by atoms with van der Waals surface area (Å²) >= 11 is 0. The predicted octanol–water partition coefficient (Wildman–Crippen LogP) is 3.25. The molecule has 22 heavy (non-hydrogen) atoms. The highest BCUT2D eigenvalue weighted by Gasteiger charge is 2.07. The van der Waals surface area contributed by atoms with Gasteiger partial charge < -0.3 is 14.2 Å². The fourth-order valence-electron chi connectivity index (χ4n) is 1.74. The molecule has 0 heterocycles. The maximum atomic E-state index is 11.6. The van der Waals surface area contributed by atoms with Crippen LogP contribution in [0.4, 0.5) is 0 Å². The van der Waals surface area contributed by atoms with Crippen molar-refractivity contribution in [2.24, 2.45) is 0 Å². The Kier molecular flexibility index (Phi) is 8.72. The van der Waals surface area contributed by atoms with E-state index >= 15 is 0 Å². The summed E-state index contributed by atoms with van der Waals surface area (Å²) in [5.74, 6) is 0.199. The van der Waals surface area contributed by atoms with Crippen LogP contribution in [-0.2, 0) is 25.7 Å².